The Bertz CT molecular complexity index is 1570. The number of ketones is 1. The Kier molecular flexibility index (Phi) is 10.9. The number of esters is 1. The van der Waals surface area contributed by atoms with E-state index in [9.17, 15) is 27.5 Å². The average Bonchev–Trinajstić information content (AvgIpc) is 2.90. The molecule has 0 bridgehead atoms. The first-order valence-electron chi connectivity index (χ1n) is 13.8. The molecule has 0 saturated carbocycles. The predicted octanol–water partition coefficient (Wildman–Crippen LogP) is 5.09. The van der Waals surface area contributed by atoms with Crippen molar-refractivity contribution in [3.63, 3.8) is 0 Å². The summed E-state index contributed by atoms with van der Waals surface area (Å²) in [6.07, 6.45) is 2.40. The molecule has 1 aromatic heterocycles. The van der Waals surface area contributed by atoms with Gasteiger partial charge in [-0.3, -0.25) is 9.59 Å². The molecule has 0 spiro atoms. The van der Waals surface area contributed by atoms with E-state index in [1.54, 1.807) is 19.9 Å². The second-order valence-electron chi connectivity index (χ2n) is 11.3. The molecule has 0 aliphatic carbocycles. The molecule has 3 rings (SSSR count). The van der Waals surface area contributed by atoms with Crippen molar-refractivity contribution in [3.05, 3.63) is 83.3 Å². The number of rotatable bonds is 13. The lowest BCUT2D eigenvalue weighted by Crippen LogP contribution is -2.31. The number of sulfonamides is 1. The van der Waals surface area contributed by atoms with E-state index < -0.39 is 45.7 Å². The second kappa shape index (κ2) is 14.0. The molecule has 0 aliphatic heterocycles. The molecule has 0 aliphatic rings. The zero-order chi connectivity index (χ0) is 31.9. The quantitative estimate of drug-likeness (QED) is 0.209. The number of anilines is 1. The van der Waals surface area contributed by atoms with Crippen molar-refractivity contribution >= 4 is 33.8 Å². The van der Waals surface area contributed by atoms with Gasteiger partial charge in [-0.1, -0.05) is 56.3 Å². The van der Waals surface area contributed by atoms with Crippen molar-refractivity contribution in [2.24, 2.45) is 0 Å². The topological polar surface area (TPSA) is 127 Å². The number of halogens is 1. The first kappa shape index (κ1) is 33.5. The zero-order valence-electron chi connectivity index (χ0n) is 25.2. The van der Waals surface area contributed by atoms with Gasteiger partial charge in [0.05, 0.1) is 23.7 Å². The minimum Gasteiger partial charge on any atom is -0.459 e. The Morgan fingerprint density at radius 1 is 1.07 bits per heavy atom. The maximum Gasteiger partial charge on any atom is 0.313 e. The van der Waals surface area contributed by atoms with Crippen LogP contribution in [0.4, 0.5) is 10.3 Å². The molecule has 0 unspecified atom stereocenters. The van der Waals surface area contributed by atoms with Crippen LogP contribution in [0, 0.1) is 5.82 Å². The lowest BCUT2D eigenvalue weighted by molar-refractivity contribution is -0.157. The molecule has 1 atom stereocenters. The van der Waals surface area contributed by atoms with Gasteiger partial charge in [-0.2, -0.15) is 0 Å². The average molecular weight is 612 g/mol. The SMILES string of the molecule is CC(C)c1nc(N(C)S(C)(=O)=O)nc(-c2ccc(F)cc2)c1/C=C/[C@@H](O)CC(=O)CC(=O)OC(C)(C)Cc1ccccc1. The van der Waals surface area contributed by atoms with Crippen LogP contribution < -0.4 is 4.31 Å². The number of hydrogen-bond acceptors (Lipinski definition) is 8. The fourth-order valence-corrected chi connectivity index (χ4v) is 4.78. The molecular formula is C32H38FN3O6S. The molecule has 11 heteroatoms. The summed E-state index contributed by atoms with van der Waals surface area (Å²) < 4.78 is 44.6. The Morgan fingerprint density at radius 3 is 2.28 bits per heavy atom. The van der Waals surface area contributed by atoms with Crippen LogP contribution >= 0.6 is 0 Å². The van der Waals surface area contributed by atoms with Crippen molar-refractivity contribution < 1.29 is 32.2 Å². The third-order valence-corrected chi connectivity index (χ3v) is 7.69. The van der Waals surface area contributed by atoms with Gasteiger partial charge in [0.2, 0.25) is 16.0 Å². The normalized spacial score (nSPS) is 12.9. The van der Waals surface area contributed by atoms with Gasteiger partial charge in [0, 0.05) is 31.0 Å². The Balaban J connectivity index is 1.81. The van der Waals surface area contributed by atoms with Gasteiger partial charge in [-0.15, -0.1) is 0 Å². The van der Waals surface area contributed by atoms with E-state index in [1.807, 2.05) is 44.2 Å². The molecular weight excluding hydrogens is 573 g/mol. The van der Waals surface area contributed by atoms with Crippen molar-refractivity contribution in [3.8, 4) is 11.3 Å². The minimum absolute atomic E-state index is 0.0629. The van der Waals surface area contributed by atoms with Crippen LogP contribution in [-0.4, -0.2) is 60.3 Å². The smallest absolute Gasteiger partial charge is 0.313 e. The number of carbonyl (C=O) groups is 2. The molecule has 230 valence electrons. The van der Waals surface area contributed by atoms with Crippen LogP contribution in [0.1, 0.15) is 63.3 Å². The second-order valence-corrected chi connectivity index (χ2v) is 13.3. The summed E-state index contributed by atoms with van der Waals surface area (Å²) in [5, 5.41) is 10.7. The third-order valence-electron chi connectivity index (χ3n) is 6.53. The Morgan fingerprint density at radius 2 is 1.70 bits per heavy atom. The number of aliphatic hydroxyl groups is 1. The molecule has 0 saturated heterocycles. The first-order chi connectivity index (χ1) is 20.1. The number of carbonyl (C=O) groups excluding carboxylic acids is 2. The van der Waals surface area contributed by atoms with Gasteiger partial charge in [0.1, 0.15) is 23.6 Å². The van der Waals surface area contributed by atoms with Crippen LogP contribution in [0.5, 0.6) is 0 Å². The van der Waals surface area contributed by atoms with Crippen LogP contribution in [0.2, 0.25) is 0 Å². The van der Waals surface area contributed by atoms with Crippen LogP contribution in [-0.2, 0) is 30.8 Å². The molecule has 43 heavy (non-hydrogen) atoms. The number of hydrogen-bond donors (Lipinski definition) is 1. The maximum absolute atomic E-state index is 13.7. The maximum atomic E-state index is 13.7. The molecule has 0 radical (unpaired) electrons. The number of Topliss-reactive ketones (excluding diaryl/α,β-unsaturated/α-hetero) is 1. The summed E-state index contributed by atoms with van der Waals surface area (Å²) in [5.74, 6) is -1.89. The lowest BCUT2D eigenvalue weighted by Gasteiger charge is -2.25. The van der Waals surface area contributed by atoms with Crippen LogP contribution in [0.3, 0.4) is 0 Å². The summed E-state index contributed by atoms with van der Waals surface area (Å²) in [6.45, 7) is 7.27. The molecule has 2 aromatic carbocycles. The van der Waals surface area contributed by atoms with E-state index in [4.69, 9.17) is 4.74 Å². The lowest BCUT2D eigenvalue weighted by atomic mass is 9.97. The number of aliphatic hydroxyl groups excluding tert-OH is 1. The number of benzene rings is 2. The fraction of sp³-hybridized carbons (Fsp3) is 0.375. The van der Waals surface area contributed by atoms with Crippen molar-refractivity contribution in [1.82, 2.24) is 9.97 Å². The zero-order valence-corrected chi connectivity index (χ0v) is 26.1. The number of aromatic nitrogens is 2. The van der Waals surface area contributed by atoms with Crippen LogP contribution in [0.15, 0.2) is 60.7 Å². The van der Waals surface area contributed by atoms with E-state index in [2.05, 4.69) is 9.97 Å². The van der Waals surface area contributed by atoms with E-state index >= 15 is 0 Å². The van der Waals surface area contributed by atoms with Gasteiger partial charge in [-0.05, 0) is 49.6 Å². The van der Waals surface area contributed by atoms with E-state index in [-0.39, 0.29) is 18.3 Å². The molecule has 0 amide bonds. The summed E-state index contributed by atoms with van der Waals surface area (Å²) in [5.41, 5.74) is 1.95. The predicted molar refractivity (Wildman–Crippen MR) is 164 cm³/mol. The van der Waals surface area contributed by atoms with Crippen molar-refractivity contribution in [1.29, 1.82) is 0 Å². The van der Waals surface area contributed by atoms with Gasteiger partial charge in [-0.25, -0.2) is 27.1 Å². The Hall–Kier alpha value is -3.96. The highest BCUT2D eigenvalue weighted by atomic mass is 32.2. The van der Waals surface area contributed by atoms with Gasteiger partial charge in [0.25, 0.3) is 0 Å². The number of ether oxygens (including phenoxy) is 1. The Labute approximate surface area is 252 Å². The van der Waals surface area contributed by atoms with Gasteiger partial charge < -0.3 is 9.84 Å². The molecule has 1 heterocycles. The molecule has 3 aromatic rings. The van der Waals surface area contributed by atoms with E-state index in [1.165, 1.54) is 37.4 Å². The summed E-state index contributed by atoms with van der Waals surface area (Å²) in [6, 6.07) is 15.1. The monoisotopic (exact) mass is 611 g/mol. The highest BCUT2D eigenvalue weighted by molar-refractivity contribution is 7.92. The van der Waals surface area contributed by atoms with Crippen molar-refractivity contribution in [2.75, 3.05) is 17.6 Å². The first-order valence-corrected chi connectivity index (χ1v) is 15.7. The van der Waals surface area contributed by atoms with Gasteiger partial charge >= 0.3 is 5.97 Å². The summed E-state index contributed by atoms with van der Waals surface area (Å²) in [7, 11) is -2.34. The largest absolute Gasteiger partial charge is 0.459 e. The van der Waals surface area contributed by atoms with E-state index in [0.717, 1.165) is 16.1 Å². The fourth-order valence-electron chi connectivity index (χ4n) is 4.41. The highest BCUT2D eigenvalue weighted by Gasteiger charge is 2.26. The minimum atomic E-state index is -3.68. The third kappa shape index (κ3) is 9.79. The summed E-state index contributed by atoms with van der Waals surface area (Å²) in [4.78, 5) is 34.1. The summed E-state index contributed by atoms with van der Waals surface area (Å²) >= 11 is 0. The number of nitrogens with zero attached hydrogens (tertiary/aromatic N) is 3. The standard InChI is InChI=1S/C32H38FN3O6S/c1-21(2)29-27(30(23-12-14-24(33)15-13-23)35-31(34-29)36(5)43(6,40)41)17-16-25(37)18-26(38)19-28(39)42-32(3,4)20-22-10-8-7-9-11-22/h7-17,21,25,37H,18-20H2,1-6H3/b17-16+/t25-/m1/s1. The molecule has 9 nitrogen and oxygen atoms in total. The van der Waals surface area contributed by atoms with Crippen molar-refractivity contribution in [2.45, 2.75) is 64.6 Å². The highest BCUT2D eigenvalue weighted by Crippen LogP contribution is 2.32. The van der Waals surface area contributed by atoms with E-state index in [0.29, 0.717) is 28.9 Å². The van der Waals surface area contributed by atoms with Crippen LogP contribution in [0.25, 0.3) is 17.3 Å². The van der Waals surface area contributed by atoms with Gasteiger partial charge in [0.15, 0.2) is 0 Å². The molecule has 0 fully saturated rings. The molecule has 1 N–H and O–H groups in total.